The molecule has 0 saturated heterocycles. The molecule has 0 spiro atoms. The van der Waals surface area contributed by atoms with Gasteiger partial charge in [-0.05, 0) is 48.8 Å². The second-order valence-corrected chi connectivity index (χ2v) is 11.9. The van der Waals surface area contributed by atoms with E-state index >= 15 is 0 Å². The van der Waals surface area contributed by atoms with E-state index in [4.69, 9.17) is 9.47 Å². The van der Waals surface area contributed by atoms with Crippen molar-refractivity contribution in [2.45, 2.75) is 168 Å². The fourth-order valence-electron chi connectivity index (χ4n) is 4.95. The molecule has 0 saturated carbocycles. The lowest BCUT2D eigenvalue weighted by Gasteiger charge is -2.18. The average Bonchev–Trinajstić information content (AvgIpc) is 2.94. The van der Waals surface area contributed by atoms with E-state index in [-0.39, 0.29) is 30.4 Å². The summed E-state index contributed by atoms with van der Waals surface area (Å²) in [5, 5.41) is 0. The molecular weight excluding hydrogens is 496 g/mol. The quantitative estimate of drug-likeness (QED) is 0.0722. The van der Waals surface area contributed by atoms with E-state index in [1.54, 1.807) is 0 Å². The number of carbonyl (C=O) groups excluding carboxylic acids is 2. The molecule has 228 valence electrons. The highest BCUT2D eigenvalue weighted by atomic mass is 16.5. The van der Waals surface area contributed by atoms with Crippen LogP contribution in [0.5, 0.6) is 0 Å². The van der Waals surface area contributed by atoms with E-state index in [2.05, 4.69) is 58.9 Å². The zero-order valence-corrected chi connectivity index (χ0v) is 26.6. The van der Waals surface area contributed by atoms with Crippen LogP contribution in [-0.4, -0.2) is 18.0 Å². The Morgan fingerprint density at radius 1 is 0.700 bits per heavy atom. The lowest BCUT2D eigenvalue weighted by molar-refractivity contribution is -0.151. The summed E-state index contributed by atoms with van der Waals surface area (Å²) < 4.78 is 11.2. The Hall–Kier alpha value is -2.10. The molecule has 0 aliphatic carbocycles. The summed E-state index contributed by atoms with van der Waals surface area (Å²) in [5.74, 6) is 0.245. The fraction of sp³-hybridized carbons (Fsp3) is 0.722. The van der Waals surface area contributed by atoms with Crippen LogP contribution in [0.25, 0.3) is 0 Å². The Balaban J connectivity index is 2.42. The molecule has 1 aromatic carbocycles. The van der Waals surface area contributed by atoms with Crippen LogP contribution in [0.15, 0.2) is 36.6 Å². The Bertz CT molecular complexity index is 813. The number of ether oxygens (including phenoxy) is 2. The molecule has 4 heteroatoms. The third-order valence-corrected chi connectivity index (χ3v) is 7.75. The van der Waals surface area contributed by atoms with Crippen molar-refractivity contribution < 1.29 is 19.1 Å². The molecule has 0 fully saturated rings. The second-order valence-electron chi connectivity index (χ2n) is 11.9. The first-order valence-electron chi connectivity index (χ1n) is 16.5. The highest BCUT2D eigenvalue weighted by Crippen LogP contribution is 2.22. The van der Waals surface area contributed by atoms with Gasteiger partial charge in [-0.15, -0.1) is 0 Å². The summed E-state index contributed by atoms with van der Waals surface area (Å²) >= 11 is 0. The number of esters is 2. The first-order chi connectivity index (χ1) is 19.4. The van der Waals surface area contributed by atoms with E-state index in [1.165, 1.54) is 81.6 Å². The predicted molar refractivity (Wildman–Crippen MR) is 169 cm³/mol. The van der Waals surface area contributed by atoms with Gasteiger partial charge in [-0.25, -0.2) is 0 Å². The molecule has 4 nitrogen and oxygen atoms in total. The van der Waals surface area contributed by atoms with Crippen LogP contribution in [0.1, 0.15) is 173 Å². The minimum atomic E-state index is -0.273. The number of hydrogen-bond acceptors (Lipinski definition) is 4. The number of benzene rings is 1. The second kappa shape index (κ2) is 23.6. The van der Waals surface area contributed by atoms with Crippen LogP contribution in [0.3, 0.4) is 0 Å². The Morgan fingerprint density at radius 2 is 1.27 bits per heavy atom. The number of allylic oxidation sites excluding steroid dienone is 1. The monoisotopic (exact) mass is 556 g/mol. The van der Waals surface area contributed by atoms with E-state index in [9.17, 15) is 9.59 Å². The van der Waals surface area contributed by atoms with E-state index < -0.39 is 0 Å². The first-order valence-corrected chi connectivity index (χ1v) is 16.5. The van der Waals surface area contributed by atoms with E-state index in [1.807, 2.05) is 6.08 Å². The van der Waals surface area contributed by atoms with Gasteiger partial charge < -0.3 is 9.47 Å². The van der Waals surface area contributed by atoms with E-state index in [0.717, 1.165) is 32.1 Å². The van der Waals surface area contributed by atoms with Crippen molar-refractivity contribution in [3.8, 4) is 0 Å². The van der Waals surface area contributed by atoms with Gasteiger partial charge in [0.05, 0.1) is 6.26 Å². The maximum atomic E-state index is 12.5. The third-order valence-electron chi connectivity index (χ3n) is 7.75. The summed E-state index contributed by atoms with van der Waals surface area (Å²) in [7, 11) is 0. The van der Waals surface area contributed by atoms with Crippen molar-refractivity contribution in [3.05, 3.63) is 47.7 Å². The largest absolute Gasteiger partial charge is 0.462 e. The molecule has 2 atom stereocenters. The minimum absolute atomic E-state index is 0.118. The topological polar surface area (TPSA) is 52.6 Å². The minimum Gasteiger partial charge on any atom is -0.462 e. The van der Waals surface area contributed by atoms with Gasteiger partial charge in [0.1, 0.15) is 6.10 Å². The maximum Gasteiger partial charge on any atom is 0.310 e. The van der Waals surface area contributed by atoms with Crippen LogP contribution >= 0.6 is 0 Å². The van der Waals surface area contributed by atoms with Gasteiger partial charge in [-0.1, -0.05) is 136 Å². The van der Waals surface area contributed by atoms with Crippen LogP contribution in [-0.2, 0) is 19.1 Å². The lowest BCUT2D eigenvalue weighted by atomic mass is 9.95. The summed E-state index contributed by atoms with van der Waals surface area (Å²) in [6.07, 6.45) is 22.2. The van der Waals surface area contributed by atoms with Crippen molar-refractivity contribution in [1.29, 1.82) is 0 Å². The molecule has 0 bridgehead atoms. The van der Waals surface area contributed by atoms with Crippen LogP contribution in [0.4, 0.5) is 0 Å². The van der Waals surface area contributed by atoms with Gasteiger partial charge >= 0.3 is 11.9 Å². The molecule has 0 heterocycles. The highest BCUT2D eigenvalue weighted by molar-refractivity contribution is 5.71. The van der Waals surface area contributed by atoms with Gasteiger partial charge in [0.15, 0.2) is 0 Å². The smallest absolute Gasteiger partial charge is 0.310 e. The van der Waals surface area contributed by atoms with Gasteiger partial charge in [-0.3, -0.25) is 9.59 Å². The zero-order valence-electron chi connectivity index (χ0n) is 26.6. The van der Waals surface area contributed by atoms with Gasteiger partial charge in [0.2, 0.25) is 0 Å². The lowest BCUT2D eigenvalue weighted by Crippen LogP contribution is -2.20. The molecule has 40 heavy (non-hydrogen) atoms. The zero-order chi connectivity index (χ0) is 29.4. The maximum absolute atomic E-state index is 12.5. The number of rotatable bonds is 24. The molecule has 0 aliphatic rings. The molecule has 0 amide bonds. The first kappa shape index (κ1) is 35.9. The van der Waals surface area contributed by atoms with Gasteiger partial charge in [-0.2, -0.15) is 0 Å². The molecular formula is C36H60O4. The standard InChI is InChI=1S/C36H60O4/c1-6-8-10-12-13-14-15-17-19-24-36(38)40-34(23-18-16-11-9-7-2)25-26-35(37)39-28-27-31(5)33-22-20-21-32(29-33)30(3)4/h20-22,27-31,34H,6-19,23-26H2,1-5H3/b28-27+. The molecule has 2 unspecified atom stereocenters. The molecule has 1 aromatic rings. The molecule has 0 aliphatic heterocycles. The predicted octanol–water partition coefficient (Wildman–Crippen LogP) is 10.9. The Labute approximate surface area is 246 Å². The SMILES string of the molecule is CCCCCCCCCCCC(=O)OC(CCCCCCC)CCC(=O)O/C=C/C(C)c1cccc(C(C)C)c1. The highest BCUT2D eigenvalue weighted by Gasteiger charge is 2.17. The van der Waals surface area contributed by atoms with Crippen LogP contribution in [0.2, 0.25) is 0 Å². The number of unbranched alkanes of at least 4 members (excludes halogenated alkanes) is 12. The summed E-state index contributed by atoms with van der Waals surface area (Å²) in [4.78, 5) is 25.0. The molecule has 1 rings (SSSR count). The molecule has 0 aromatic heterocycles. The third kappa shape index (κ3) is 18.3. The summed E-state index contributed by atoms with van der Waals surface area (Å²) in [5.41, 5.74) is 2.52. The van der Waals surface area contributed by atoms with Gasteiger partial charge in [0.25, 0.3) is 0 Å². The van der Waals surface area contributed by atoms with Crippen molar-refractivity contribution >= 4 is 11.9 Å². The Kier molecular flexibility index (Phi) is 21.2. The van der Waals surface area contributed by atoms with Crippen molar-refractivity contribution in [2.75, 3.05) is 0 Å². The van der Waals surface area contributed by atoms with Crippen molar-refractivity contribution in [1.82, 2.24) is 0 Å². The van der Waals surface area contributed by atoms with Crippen molar-refractivity contribution in [3.63, 3.8) is 0 Å². The average molecular weight is 557 g/mol. The van der Waals surface area contributed by atoms with Crippen LogP contribution in [0, 0.1) is 0 Å². The fourth-order valence-corrected chi connectivity index (χ4v) is 4.95. The Morgan fingerprint density at radius 3 is 1.90 bits per heavy atom. The summed E-state index contributed by atoms with van der Waals surface area (Å²) in [6, 6.07) is 8.56. The summed E-state index contributed by atoms with van der Waals surface area (Å²) in [6.45, 7) is 10.9. The molecule has 0 N–H and O–H groups in total. The van der Waals surface area contributed by atoms with Crippen molar-refractivity contribution in [2.24, 2.45) is 0 Å². The van der Waals surface area contributed by atoms with E-state index in [0.29, 0.717) is 18.8 Å². The van der Waals surface area contributed by atoms with Gasteiger partial charge in [0, 0.05) is 18.8 Å². The number of carbonyl (C=O) groups is 2. The normalized spacial score (nSPS) is 13.1. The molecule has 0 radical (unpaired) electrons. The van der Waals surface area contributed by atoms with Crippen LogP contribution < -0.4 is 0 Å². The number of hydrogen-bond donors (Lipinski definition) is 0.